The fourth-order valence-corrected chi connectivity index (χ4v) is 3.35. The first-order valence-corrected chi connectivity index (χ1v) is 9.85. The van der Waals surface area contributed by atoms with Crippen LogP contribution in [0.3, 0.4) is 0 Å². The standard InChI is InChI=1S/C17H27ClN4S.HI/c1-13-4-5-15(18)10-16(13)22-8-6-14(12-22)11-21-17(19-2)20-7-9-23-3;/h4-5,10,14H,6-9,11-12H2,1-3H3,(H2,19,20,21);1H. The van der Waals surface area contributed by atoms with Crippen LogP contribution in [0, 0.1) is 12.8 Å². The van der Waals surface area contributed by atoms with Gasteiger partial charge < -0.3 is 15.5 Å². The van der Waals surface area contributed by atoms with Gasteiger partial charge in [-0.25, -0.2) is 0 Å². The zero-order chi connectivity index (χ0) is 16.7. The Labute approximate surface area is 172 Å². The predicted molar refractivity (Wildman–Crippen MR) is 120 cm³/mol. The van der Waals surface area contributed by atoms with Crippen LogP contribution in [-0.2, 0) is 0 Å². The van der Waals surface area contributed by atoms with Gasteiger partial charge in [0.2, 0.25) is 0 Å². The van der Waals surface area contributed by atoms with Crippen LogP contribution in [-0.4, -0.2) is 51.2 Å². The maximum atomic E-state index is 6.15. The normalized spacial score (nSPS) is 17.6. The highest BCUT2D eigenvalue weighted by Gasteiger charge is 2.23. The molecule has 0 aromatic heterocycles. The molecule has 0 radical (unpaired) electrons. The Morgan fingerprint density at radius 1 is 1.42 bits per heavy atom. The number of benzene rings is 1. The first-order valence-electron chi connectivity index (χ1n) is 8.08. The quantitative estimate of drug-likeness (QED) is 0.281. The second-order valence-corrected chi connectivity index (χ2v) is 7.33. The Bertz CT molecular complexity index is 541. The van der Waals surface area contributed by atoms with Gasteiger partial charge in [0.1, 0.15) is 0 Å². The Balaban J connectivity index is 0.00000288. The number of guanidine groups is 1. The Morgan fingerprint density at radius 3 is 2.92 bits per heavy atom. The molecule has 0 spiro atoms. The molecule has 1 atom stereocenters. The number of rotatable bonds is 6. The number of hydrogen-bond acceptors (Lipinski definition) is 3. The van der Waals surface area contributed by atoms with Crippen LogP contribution in [0.4, 0.5) is 5.69 Å². The van der Waals surface area contributed by atoms with E-state index in [1.165, 1.54) is 17.7 Å². The molecule has 1 heterocycles. The summed E-state index contributed by atoms with van der Waals surface area (Å²) in [6.45, 7) is 6.20. The maximum Gasteiger partial charge on any atom is 0.191 e. The van der Waals surface area contributed by atoms with E-state index in [-0.39, 0.29) is 24.0 Å². The number of anilines is 1. The summed E-state index contributed by atoms with van der Waals surface area (Å²) < 4.78 is 0. The first-order chi connectivity index (χ1) is 11.1. The Morgan fingerprint density at radius 2 is 2.21 bits per heavy atom. The molecule has 1 aliphatic heterocycles. The van der Waals surface area contributed by atoms with Crippen molar-refractivity contribution in [2.24, 2.45) is 10.9 Å². The number of hydrogen-bond donors (Lipinski definition) is 2. The van der Waals surface area contributed by atoms with Crippen LogP contribution in [0.1, 0.15) is 12.0 Å². The van der Waals surface area contributed by atoms with Crippen LogP contribution in [0.2, 0.25) is 5.02 Å². The van der Waals surface area contributed by atoms with E-state index >= 15 is 0 Å². The van der Waals surface area contributed by atoms with Crippen molar-refractivity contribution in [1.82, 2.24) is 10.6 Å². The van der Waals surface area contributed by atoms with E-state index < -0.39 is 0 Å². The van der Waals surface area contributed by atoms with E-state index in [1.807, 2.05) is 24.9 Å². The van der Waals surface area contributed by atoms with Gasteiger partial charge in [-0.2, -0.15) is 11.8 Å². The molecule has 7 heteroatoms. The molecular formula is C17H28ClIN4S. The summed E-state index contributed by atoms with van der Waals surface area (Å²) in [7, 11) is 1.82. The molecule has 2 N–H and O–H groups in total. The lowest BCUT2D eigenvalue weighted by atomic mass is 10.1. The number of thioether (sulfide) groups is 1. The van der Waals surface area contributed by atoms with E-state index in [1.54, 1.807) is 0 Å². The van der Waals surface area contributed by atoms with Crippen molar-refractivity contribution in [1.29, 1.82) is 0 Å². The summed E-state index contributed by atoms with van der Waals surface area (Å²) in [6.07, 6.45) is 3.31. The average Bonchev–Trinajstić information content (AvgIpc) is 3.02. The van der Waals surface area contributed by atoms with Gasteiger partial charge in [-0.05, 0) is 43.2 Å². The molecule has 4 nitrogen and oxygen atoms in total. The number of nitrogens with zero attached hydrogens (tertiary/aromatic N) is 2. The molecule has 1 aromatic rings. The van der Waals surface area contributed by atoms with Gasteiger partial charge in [0.25, 0.3) is 0 Å². The summed E-state index contributed by atoms with van der Waals surface area (Å²) >= 11 is 7.98. The smallest absolute Gasteiger partial charge is 0.191 e. The summed E-state index contributed by atoms with van der Waals surface area (Å²) in [5.74, 6) is 2.62. The summed E-state index contributed by atoms with van der Waals surface area (Å²) in [5, 5.41) is 7.60. The minimum atomic E-state index is 0. The van der Waals surface area contributed by atoms with E-state index in [9.17, 15) is 0 Å². The number of aliphatic imine (C=N–C) groups is 1. The van der Waals surface area contributed by atoms with Crippen LogP contribution < -0.4 is 15.5 Å². The molecule has 1 aromatic carbocycles. The average molecular weight is 483 g/mol. The van der Waals surface area contributed by atoms with Crippen molar-refractivity contribution in [2.75, 3.05) is 50.1 Å². The molecule has 0 bridgehead atoms. The lowest BCUT2D eigenvalue weighted by Gasteiger charge is -2.21. The highest BCUT2D eigenvalue weighted by atomic mass is 127. The minimum absolute atomic E-state index is 0. The minimum Gasteiger partial charge on any atom is -0.371 e. The van der Waals surface area contributed by atoms with E-state index in [2.05, 4.69) is 45.8 Å². The van der Waals surface area contributed by atoms with E-state index in [0.29, 0.717) is 5.92 Å². The van der Waals surface area contributed by atoms with Gasteiger partial charge >= 0.3 is 0 Å². The van der Waals surface area contributed by atoms with Gasteiger partial charge in [-0.1, -0.05) is 17.7 Å². The highest BCUT2D eigenvalue weighted by Crippen LogP contribution is 2.29. The predicted octanol–water partition coefficient (Wildman–Crippen LogP) is 3.62. The van der Waals surface area contributed by atoms with Gasteiger partial charge in [0.15, 0.2) is 5.96 Å². The third-order valence-corrected chi connectivity index (χ3v) is 5.03. The van der Waals surface area contributed by atoms with Crippen LogP contribution in [0.25, 0.3) is 0 Å². The van der Waals surface area contributed by atoms with Crippen molar-refractivity contribution in [3.63, 3.8) is 0 Å². The molecular weight excluding hydrogens is 455 g/mol. The fraction of sp³-hybridized carbons (Fsp3) is 0.588. The zero-order valence-corrected chi connectivity index (χ0v) is 18.5. The van der Waals surface area contributed by atoms with Crippen LogP contribution in [0.15, 0.2) is 23.2 Å². The molecule has 1 saturated heterocycles. The molecule has 1 unspecified atom stereocenters. The molecule has 0 amide bonds. The third kappa shape index (κ3) is 6.52. The van der Waals surface area contributed by atoms with Gasteiger partial charge in [0.05, 0.1) is 0 Å². The molecule has 2 rings (SSSR count). The van der Waals surface area contributed by atoms with Crippen LogP contribution in [0.5, 0.6) is 0 Å². The monoisotopic (exact) mass is 482 g/mol. The lowest BCUT2D eigenvalue weighted by molar-refractivity contribution is 0.566. The first kappa shape index (κ1) is 21.7. The van der Waals surface area contributed by atoms with Crippen molar-refractivity contribution in [2.45, 2.75) is 13.3 Å². The highest BCUT2D eigenvalue weighted by molar-refractivity contribution is 14.0. The van der Waals surface area contributed by atoms with E-state index in [4.69, 9.17) is 11.6 Å². The molecule has 1 aliphatic rings. The van der Waals surface area contributed by atoms with Crippen molar-refractivity contribution >= 4 is 59.0 Å². The summed E-state index contributed by atoms with van der Waals surface area (Å²) in [6, 6.07) is 6.14. The number of nitrogens with one attached hydrogen (secondary N) is 2. The topological polar surface area (TPSA) is 39.7 Å². The molecule has 24 heavy (non-hydrogen) atoms. The summed E-state index contributed by atoms with van der Waals surface area (Å²) in [4.78, 5) is 6.72. The lowest BCUT2D eigenvalue weighted by Crippen LogP contribution is -2.41. The van der Waals surface area contributed by atoms with Crippen molar-refractivity contribution in [3.05, 3.63) is 28.8 Å². The van der Waals surface area contributed by atoms with Crippen LogP contribution >= 0.6 is 47.3 Å². The molecule has 136 valence electrons. The molecule has 0 aliphatic carbocycles. The fourth-order valence-electron chi connectivity index (χ4n) is 2.87. The van der Waals surface area contributed by atoms with E-state index in [0.717, 1.165) is 42.9 Å². The molecule has 1 fully saturated rings. The second-order valence-electron chi connectivity index (χ2n) is 5.90. The van der Waals surface area contributed by atoms with Gasteiger partial charge in [-0.15, -0.1) is 24.0 Å². The van der Waals surface area contributed by atoms with Gasteiger partial charge in [0, 0.05) is 49.7 Å². The van der Waals surface area contributed by atoms with Gasteiger partial charge in [-0.3, -0.25) is 4.99 Å². The number of halogens is 2. The second kappa shape index (κ2) is 11.3. The zero-order valence-electron chi connectivity index (χ0n) is 14.6. The summed E-state index contributed by atoms with van der Waals surface area (Å²) in [5.41, 5.74) is 2.56. The molecule has 0 saturated carbocycles. The Hall–Kier alpha value is -0.340. The Kier molecular flexibility index (Phi) is 10.2. The van der Waals surface area contributed by atoms with Crippen molar-refractivity contribution in [3.8, 4) is 0 Å². The largest absolute Gasteiger partial charge is 0.371 e. The SMILES string of the molecule is CN=C(NCCSC)NCC1CCN(c2cc(Cl)ccc2C)C1.I. The third-order valence-electron chi connectivity index (χ3n) is 4.18. The van der Waals surface area contributed by atoms with Crippen molar-refractivity contribution < 1.29 is 0 Å². The number of aryl methyl sites for hydroxylation is 1. The maximum absolute atomic E-state index is 6.15.